The average Bonchev–Trinajstić information content (AvgIpc) is 2.11. The third-order valence-corrected chi connectivity index (χ3v) is 1.65. The standard InChI is InChI=1S/C10H9ClFN/c1-13-6-2-3-8-7-9(11)4-5-10(8)12/h4-5,7,13H,6H2,1H3. The summed E-state index contributed by atoms with van der Waals surface area (Å²) in [5.74, 6) is 5.10. The van der Waals surface area contributed by atoms with Crippen molar-refractivity contribution in [2.75, 3.05) is 13.6 Å². The molecule has 1 N–H and O–H groups in total. The Balaban J connectivity index is 2.89. The number of halogens is 2. The van der Waals surface area contributed by atoms with Crippen LogP contribution in [0.1, 0.15) is 5.56 Å². The Hall–Kier alpha value is -1.04. The van der Waals surface area contributed by atoms with E-state index in [-0.39, 0.29) is 5.82 Å². The molecule has 0 spiro atoms. The van der Waals surface area contributed by atoms with Crippen LogP contribution in [0.25, 0.3) is 0 Å². The van der Waals surface area contributed by atoms with Crippen LogP contribution in [0.15, 0.2) is 18.2 Å². The normalized spacial score (nSPS) is 9.15. The van der Waals surface area contributed by atoms with E-state index in [1.807, 2.05) is 0 Å². The van der Waals surface area contributed by atoms with Crippen molar-refractivity contribution in [2.24, 2.45) is 0 Å². The third-order valence-electron chi connectivity index (χ3n) is 1.42. The molecule has 1 rings (SSSR count). The molecule has 0 atom stereocenters. The molecule has 0 aliphatic heterocycles. The van der Waals surface area contributed by atoms with Gasteiger partial charge in [0, 0.05) is 5.02 Å². The Bertz CT molecular complexity index is 352. The molecule has 3 heteroatoms. The molecular formula is C10H9ClFN. The van der Waals surface area contributed by atoms with Gasteiger partial charge in [0.15, 0.2) is 0 Å². The van der Waals surface area contributed by atoms with Gasteiger partial charge in [0.05, 0.1) is 12.1 Å². The number of hydrogen-bond donors (Lipinski definition) is 1. The smallest absolute Gasteiger partial charge is 0.138 e. The predicted molar refractivity (Wildman–Crippen MR) is 52.2 cm³/mol. The van der Waals surface area contributed by atoms with E-state index in [0.29, 0.717) is 17.1 Å². The minimum absolute atomic E-state index is 0.336. The van der Waals surface area contributed by atoms with E-state index in [4.69, 9.17) is 11.6 Å². The molecular weight excluding hydrogens is 189 g/mol. The van der Waals surface area contributed by atoms with Crippen molar-refractivity contribution in [1.82, 2.24) is 5.32 Å². The van der Waals surface area contributed by atoms with E-state index in [1.54, 1.807) is 7.05 Å². The Labute approximate surface area is 81.9 Å². The minimum atomic E-state index is -0.340. The van der Waals surface area contributed by atoms with Crippen molar-refractivity contribution in [1.29, 1.82) is 0 Å². The second-order valence-corrected chi connectivity index (χ2v) is 2.89. The summed E-state index contributed by atoms with van der Waals surface area (Å²) in [5.41, 5.74) is 0.336. The maximum atomic E-state index is 13.0. The van der Waals surface area contributed by atoms with Crippen molar-refractivity contribution in [3.8, 4) is 11.8 Å². The fraction of sp³-hybridized carbons (Fsp3) is 0.200. The Morgan fingerprint density at radius 3 is 3.00 bits per heavy atom. The summed E-state index contributed by atoms with van der Waals surface area (Å²) >= 11 is 5.68. The second kappa shape index (κ2) is 4.86. The van der Waals surface area contributed by atoms with E-state index in [2.05, 4.69) is 17.2 Å². The molecule has 0 saturated heterocycles. The highest BCUT2D eigenvalue weighted by molar-refractivity contribution is 6.30. The summed E-state index contributed by atoms with van der Waals surface area (Å²) < 4.78 is 13.0. The zero-order chi connectivity index (χ0) is 9.68. The average molecular weight is 198 g/mol. The lowest BCUT2D eigenvalue weighted by Crippen LogP contribution is -2.04. The van der Waals surface area contributed by atoms with Crippen molar-refractivity contribution in [3.63, 3.8) is 0 Å². The molecule has 0 unspecified atom stereocenters. The fourth-order valence-electron chi connectivity index (χ4n) is 0.821. The van der Waals surface area contributed by atoms with Gasteiger partial charge in [-0.15, -0.1) is 0 Å². The van der Waals surface area contributed by atoms with E-state index in [0.717, 1.165) is 0 Å². The van der Waals surface area contributed by atoms with Crippen LogP contribution in [0.5, 0.6) is 0 Å². The lowest BCUT2D eigenvalue weighted by atomic mass is 10.2. The molecule has 0 aromatic heterocycles. The molecule has 13 heavy (non-hydrogen) atoms. The van der Waals surface area contributed by atoms with Crippen LogP contribution in [0.3, 0.4) is 0 Å². The number of nitrogens with one attached hydrogen (secondary N) is 1. The van der Waals surface area contributed by atoms with Gasteiger partial charge in [-0.05, 0) is 25.2 Å². The first-order chi connectivity index (χ1) is 6.24. The van der Waals surface area contributed by atoms with Gasteiger partial charge in [-0.25, -0.2) is 4.39 Å². The molecule has 0 radical (unpaired) electrons. The van der Waals surface area contributed by atoms with Gasteiger partial charge in [-0.3, -0.25) is 0 Å². The summed E-state index contributed by atoms with van der Waals surface area (Å²) in [7, 11) is 1.78. The molecule has 0 aliphatic rings. The summed E-state index contributed by atoms with van der Waals surface area (Å²) in [5, 5.41) is 3.34. The maximum Gasteiger partial charge on any atom is 0.138 e. The highest BCUT2D eigenvalue weighted by Crippen LogP contribution is 2.13. The first-order valence-corrected chi connectivity index (χ1v) is 4.20. The fourth-order valence-corrected chi connectivity index (χ4v) is 0.993. The molecule has 1 aromatic rings. The molecule has 0 heterocycles. The highest BCUT2D eigenvalue weighted by atomic mass is 35.5. The van der Waals surface area contributed by atoms with Crippen LogP contribution in [0.2, 0.25) is 5.02 Å². The second-order valence-electron chi connectivity index (χ2n) is 2.46. The van der Waals surface area contributed by atoms with Crippen molar-refractivity contribution >= 4 is 11.6 Å². The quantitative estimate of drug-likeness (QED) is 0.680. The lowest BCUT2D eigenvalue weighted by molar-refractivity contribution is 0.624. The number of rotatable bonds is 1. The monoisotopic (exact) mass is 197 g/mol. The summed E-state index contributed by atoms with van der Waals surface area (Å²) in [6, 6.07) is 4.32. The van der Waals surface area contributed by atoms with Gasteiger partial charge in [-0.2, -0.15) is 0 Å². The van der Waals surface area contributed by atoms with Crippen molar-refractivity contribution < 1.29 is 4.39 Å². The maximum absolute atomic E-state index is 13.0. The topological polar surface area (TPSA) is 12.0 Å². The van der Waals surface area contributed by atoms with E-state index >= 15 is 0 Å². The van der Waals surface area contributed by atoms with Crippen LogP contribution in [0, 0.1) is 17.7 Å². The molecule has 0 aliphatic carbocycles. The SMILES string of the molecule is CNCC#Cc1cc(Cl)ccc1F. The Kier molecular flexibility index (Phi) is 3.75. The first-order valence-electron chi connectivity index (χ1n) is 3.82. The molecule has 0 bridgehead atoms. The molecule has 68 valence electrons. The predicted octanol–water partition coefficient (Wildman–Crippen LogP) is 2.05. The van der Waals surface area contributed by atoms with Crippen molar-refractivity contribution in [3.05, 3.63) is 34.6 Å². The molecule has 0 fully saturated rings. The van der Waals surface area contributed by atoms with Crippen LogP contribution in [0.4, 0.5) is 4.39 Å². The Morgan fingerprint density at radius 2 is 2.31 bits per heavy atom. The Morgan fingerprint density at radius 1 is 1.54 bits per heavy atom. The molecule has 0 amide bonds. The molecule has 0 saturated carbocycles. The van der Waals surface area contributed by atoms with Crippen LogP contribution < -0.4 is 5.32 Å². The molecule has 1 aromatic carbocycles. The van der Waals surface area contributed by atoms with Gasteiger partial charge >= 0.3 is 0 Å². The summed E-state index contributed by atoms with van der Waals surface area (Å²) in [6.07, 6.45) is 0. The number of benzene rings is 1. The largest absolute Gasteiger partial charge is 0.309 e. The van der Waals surface area contributed by atoms with Crippen molar-refractivity contribution in [2.45, 2.75) is 0 Å². The summed E-state index contributed by atoms with van der Waals surface area (Å²) in [6.45, 7) is 0.534. The lowest BCUT2D eigenvalue weighted by Gasteiger charge is -1.94. The zero-order valence-electron chi connectivity index (χ0n) is 7.20. The van der Waals surface area contributed by atoms with Crippen LogP contribution >= 0.6 is 11.6 Å². The van der Waals surface area contributed by atoms with Gasteiger partial charge in [0.2, 0.25) is 0 Å². The van der Waals surface area contributed by atoms with E-state index < -0.39 is 0 Å². The third kappa shape index (κ3) is 3.06. The highest BCUT2D eigenvalue weighted by Gasteiger charge is 1.98. The first kappa shape index (κ1) is 10.0. The van der Waals surface area contributed by atoms with Crippen LogP contribution in [-0.2, 0) is 0 Å². The minimum Gasteiger partial charge on any atom is -0.309 e. The zero-order valence-corrected chi connectivity index (χ0v) is 7.95. The summed E-state index contributed by atoms with van der Waals surface area (Å²) in [4.78, 5) is 0. The van der Waals surface area contributed by atoms with Gasteiger partial charge in [0.1, 0.15) is 5.82 Å². The van der Waals surface area contributed by atoms with E-state index in [9.17, 15) is 4.39 Å². The van der Waals surface area contributed by atoms with Gasteiger partial charge in [0.25, 0.3) is 0 Å². The van der Waals surface area contributed by atoms with Gasteiger partial charge < -0.3 is 5.32 Å². The van der Waals surface area contributed by atoms with E-state index in [1.165, 1.54) is 18.2 Å². The molecule has 1 nitrogen and oxygen atoms in total. The number of hydrogen-bond acceptors (Lipinski definition) is 1. The van der Waals surface area contributed by atoms with Gasteiger partial charge in [-0.1, -0.05) is 23.4 Å². The van der Waals surface area contributed by atoms with Crippen LogP contribution in [-0.4, -0.2) is 13.6 Å².